The van der Waals surface area contributed by atoms with E-state index in [1.54, 1.807) is 11.1 Å². The number of hydrogen-bond donors (Lipinski definition) is 1. The van der Waals surface area contributed by atoms with Crippen LogP contribution in [0.15, 0.2) is 18.2 Å². The van der Waals surface area contributed by atoms with Crippen molar-refractivity contribution in [3.8, 4) is 0 Å². The Morgan fingerprint density at radius 2 is 1.96 bits per heavy atom. The summed E-state index contributed by atoms with van der Waals surface area (Å²) in [7, 11) is 2.05. The largest absolute Gasteiger partial charge is 1.00 e. The number of piperazine rings is 1. The third kappa shape index (κ3) is 5.13. The van der Waals surface area contributed by atoms with E-state index in [0.29, 0.717) is 5.92 Å². The van der Waals surface area contributed by atoms with Crippen molar-refractivity contribution in [2.75, 3.05) is 44.7 Å². The molecule has 1 aromatic rings. The predicted octanol–water partition coefficient (Wildman–Crippen LogP) is 1.22. The van der Waals surface area contributed by atoms with Gasteiger partial charge in [-0.05, 0) is 74.6 Å². The first-order valence-corrected chi connectivity index (χ1v) is 12.0. The minimum Gasteiger partial charge on any atom is -0.447 e. The second-order valence-corrected chi connectivity index (χ2v) is 8.57. The van der Waals surface area contributed by atoms with Gasteiger partial charge in [-0.2, -0.15) is 0 Å². The Morgan fingerprint density at radius 3 is 2.61 bits per heavy atom. The number of halogens is 1. The Bertz CT molecular complexity index is 509. The minimum atomic E-state index is 0. The fraction of sp³-hybridized carbons (Fsp3) is 0.647. The standard InChI is InChI=1S/C17H26IN3P.K/c1-13-11-14(5-6-19-2)16-4-3-15(12-17(13)16)20-7-9-21(22-18)10-8-20;/h3-4,12-14,19H,5-11H2,1-2H3;/q-1;+1/t13-,14-;/m1./s1. The van der Waals surface area contributed by atoms with Gasteiger partial charge in [0.1, 0.15) is 0 Å². The van der Waals surface area contributed by atoms with Crippen LogP contribution in [0.2, 0.25) is 0 Å². The molecule has 1 aromatic carbocycles. The Hall–Kier alpha value is 1.74. The van der Waals surface area contributed by atoms with Crippen LogP contribution in [0.5, 0.6) is 0 Å². The molecule has 3 nitrogen and oxygen atoms in total. The maximum atomic E-state index is 3.30. The predicted molar refractivity (Wildman–Crippen MR) is 105 cm³/mol. The van der Waals surface area contributed by atoms with E-state index in [1.807, 2.05) is 0 Å². The number of nitrogens with one attached hydrogen (secondary N) is 1. The van der Waals surface area contributed by atoms with Crippen molar-refractivity contribution in [3.05, 3.63) is 29.3 Å². The van der Waals surface area contributed by atoms with Gasteiger partial charge in [0.2, 0.25) is 0 Å². The zero-order valence-corrected chi connectivity index (χ0v) is 20.7. The molecule has 2 atom stereocenters. The van der Waals surface area contributed by atoms with E-state index < -0.39 is 0 Å². The molecule has 1 heterocycles. The van der Waals surface area contributed by atoms with E-state index in [-0.39, 0.29) is 51.4 Å². The normalized spacial score (nSPS) is 24.9. The maximum absolute atomic E-state index is 3.30. The average Bonchev–Trinajstić information content (AvgIpc) is 2.88. The monoisotopic (exact) mass is 469 g/mol. The van der Waals surface area contributed by atoms with Crippen LogP contribution < -0.4 is 61.6 Å². The van der Waals surface area contributed by atoms with Gasteiger partial charge < -0.3 is 43.3 Å². The molecule has 0 saturated carbocycles. The molecule has 3 rings (SSSR count). The molecule has 1 aliphatic heterocycles. The van der Waals surface area contributed by atoms with Gasteiger partial charge in [0.05, 0.1) is 0 Å². The molecule has 0 radical (unpaired) electrons. The smallest absolute Gasteiger partial charge is 0.447 e. The van der Waals surface area contributed by atoms with E-state index in [4.69, 9.17) is 0 Å². The van der Waals surface area contributed by atoms with Gasteiger partial charge in [0.25, 0.3) is 0 Å². The molecular formula is C17H26IKN3P. The zero-order chi connectivity index (χ0) is 15.5. The number of anilines is 1. The summed E-state index contributed by atoms with van der Waals surface area (Å²) in [6, 6.07) is 7.26. The fourth-order valence-electron chi connectivity index (χ4n) is 3.86. The van der Waals surface area contributed by atoms with E-state index in [1.165, 1.54) is 38.0 Å². The molecule has 1 saturated heterocycles. The van der Waals surface area contributed by atoms with Crippen molar-refractivity contribution in [1.82, 2.24) is 9.99 Å². The summed E-state index contributed by atoms with van der Waals surface area (Å²) in [6.45, 7) is 8.20. The van der Waals surface area contributed by atoms with Crippen LogP contribution in [-0.4, -0.2) is 44.4 Å². The molecule has 0 bridgehead atoms. The van der Waals surface area contributed by atoms with E-state index in [9.17, 15) is 0 Å². The van der Waals surface area contributed by atoms with Crippen LogP contribution in [0.4, 0.5) is 5.69 Å². The number of hydrogen-bond acceptors (Lipinski definition) is 3. The zero-order valence-electron chi connectivity index (χ0n) is 14.6. The molecular weight excluding hydrogens is 443 g/mol. The molecule has 122 valence electrons. The van der Waals surface area contributed by atoms with Gasteiger partial charge in [-0.25, -0.2) is 0 Å². The molecule has 2 aliphatic rings. The second-order valence-electron chi connectivity index (χ2n) is 6.56. The second kappa shape index (κ2) is 10.2. The molecule has 1 aliphatic carbocycles. The first kappa shape index (κ1) is 21.0. The van der Waals surface area contributed by atoms with Crippen molar-refractivity contribution < 1.29 is 51.4 Å². The van der Waals surface area contributed by atoms with E-state index >= 15 is 0 Å². The molecule has 1 N–H and O–H groups in total. The summed E-state index contributed by atoms with van der Waals surface area (Å²) >= 11 is 2.44. The summed E-state index contributed by atoms with van der Waals surface area (Å²) in [4.78, 5) is 2.56. The number of benzene rings is 1. The van der Waals surface area contributed by atoms with E-state index in [2.05, 4.69) is 69.1 Å². The van der Waals surface area contributed by atoms with Gasteiger partial charge in [-0.3, -0.25) is 0 Å². The third-order valence-electron chi connectivity index (χ3n) is 5.15. The summed E-state index contributed by atoms with van der Waals surface area (Å²) < 4.78 is 2.50. The SMILES string of the molecule is CNCC[C@@H]1C[C@@H](C)c2cc(N3CCN([P-]I)CC3)ccc21.[K+]. The Balaban J connectivity index is 0.00000192. The van der Waals surface area contributed by atoms with Crippen LogP contribution in [-0.2, 0) is 0 Å². The van der Waals surface area contributed by atoms with Crippen molar-refractivity contribution in [1.29, 1.82) is 0 Å². The maximum Gasteiger partial charge on any atom is 1.00 e. The molecule has 0 amide bonds. The van der Waals surface area contributed by atoms with Crippen LogP contribution >= 0.6 is 28.4 Å². The number of rotatable bonds is 5. The van der Waals surface area contributed by atoms with Gasteiger partial charge >= 0.3 is 51.4 Å². The molecule has 0 unspecified atom stereocenters. The van der Waals surface area contributed by atoms with Crippen LogP contribution in [0.3, 0.4) is 0 Å². The Labute approximate surface area is 198 Å². The minimum absolute atomic E-state index is 0. The van der Waals surface area contributed by atoms with Gasteiger partial charge in [-0.1, -0.05) is 13.0 Å². The van der Waals surface area contributed by atoms with Crippen LogP contribution in [0.1, 0.15) is 42.7 Å². The first-order chi connectivity index (χ1) is 10.7. The quantitative estimate of drug-likeness (QED) is 0.398. The Morgan fingerprint density at radius 1 is 1.22 bits per heavy atom. The topological polar surface area (TPSA) is 18.5 Å². The van der Waals surface area contributed by atoms with E-state index in [0.717, 1.165) is 25.6 Å². The van der Waals surface area contributed by atoms with Crippen molar-refractivity contribution in [3.63, 3.8) is 0 Å². The number of nitrogens with zero attached hydrogens (tertiary/aromatic N) is 2. The average molecular weight is 469 g/mol. The van der Waals surface area contributed by atoms with Crippen molar-refractivity contribution >= 4 is 34.1 Å². The summed E-state index contributed by atoms with van der Waals surface area (Å²) in [5, 5.41) is 3.30. The molecule has 0 aromatic heterocycles. The molecule has 0 spiro atoms. The molecule has 1 fully saturated rings. The Kier molecular flexibility index (Phi) is 9.30. The summed E-state index contributed by atoms with van der Waals surface area (Å²) in [5.74, 6) is 1.46. The summed E-state index contributed by atoms with van der Waals surface area (Å²) in [6.07, 6.45) is 3.97. The van der Waals surface area contributed by atoms with Gasteiger partial charge in [0.15, 0.2) is 0 Å². The first-order valence-electron chi connectivity index (χ1n) is 8.33. The van der Waals surface area contributed by atoms with Crippen LogP contribution in [0, 0.1) is 0 Å². The van der Waals surface area contributed by atoms with Gasteiger partial charge in [0, 0.05) is 18.8 Å². The van der Waals surface area contributed by atoms with Crippen LogP contribution in [0.25, 0.3) is 0 Å². The van der Waals surface area contributed by atoms with Crippen molar-refractivity contribution in [2.24, 2.45) is 0 Å². The number of fused-ring (bicyclic) bond motifs is 1. The molecule has 6 heteroatoms. The fourth-order valence-corrected chi connectivity index (χ4v) is 5.48. The van der Waals surface area contributed by atoms with Crippen molar-refractivity contribution in [2.45, 2.75) is 31.6 Å². The third-order valence-corrected chi connectivity index (χ3v) is 7.59. The molecule has 23 heavy (non-hydrogen) atoms. The summed E-state index contributed by atoms with van der Waals surface area (Å²) in [5.41, 5.74) is 4.65. The van der Waals surface area contributed by atoms with Gasteiger partial charge in [-0.15, -0.1) is 0 Å².